The fourth-order valence-electron chi connectivity index (χ4n) is 5.02. The summed E-state index contributed by atoms with van der Waals surface area (Å²) in [7, 11) is 0. The molecule has 1 saturated carbocycles. The van der Waals surface area contributed by atoms with E-state index in [-0.39, 0.29) is 11.7 Å². The van der Waals surface area contributed by atoms with Gasteiger partial charge in [-0.2, -0.15) is 0 Å². The van der Waals surface area contributed by atoms with Gasteiger partial charge >= 0.3 is 0 Å². The van der Waals surface area contributed by atoms with Gasteiger partial charge in [0.25, 0.3) is 0 Å². The van der Waals surface area contributed by atoms with E-state index in [1.165, 1.54) is 49.6 Å². The maximum Gasteiger partial charge on any atom is 0.233 e. The third kappa shape index (κ3) is 4.28. The molecule has 0 unspecified atom stereocenters. The average molecular weight is 452 g/mol. The Hall–Kier alpha value is -2.74. The summed E-state index contributed by atoms with van der Waals surface area (Å²) in [4.78, 5) is 19.4. The van der Waals surface area contributed by atoms with Crippen molar-refractivity contribution in [1.82, 2.24) is 24.6 Å². The molecule has 1 aromatic carbocycles. The first-order valence-corrected chi connectivity index (χ1v) is 12.2. The number of hydrogen-bond acceptors (Lipinski definition) is 5. The van der Waals surface area contributed by atoms with Crippen molar-refractivity contribution in [3.05, 3.63) is 54.6 Å². The second-order valence-corrected chi connectivity index (χ2v) is 9.43. The van der Waals surface area contributed by atoms with E-state index in [9.17, 15) is 9.18 Å². The van der Waals surface area contributed by atoms with E-state index < -0.39 is 0 Å². The normalized spacial score (nSPS) is 20.7. The number of aromatic nitrogens is 4. The summed E-state index contributed by atoms with van der Waals surface area (Å²) >= 11 is 1.39. The Morgan fingerprint density at radius 3 is 2.56 bits per heavy atom. The van der Waals surface area contributed by atoms with E-state index in [2.05, 4.69) is 20.1 Å². The summed E-state index contributed by atoms with van der Waals surface area (Å²) < 4.78 is 15.4. The van der Waals surface area contributed by atoms with E-state index in [0.717, 1.165) is 30.6 Å². The minimum Gasteiger partial charge on any atom is -0.339 e. The summed E-state index contributed by atoms with van der Waals surface area (Å²) in [6.07, 6.45) is 10.6. The van der Waals surface area contributed by atoms with Crippen LogP contribution in [0.25, 0.3) is 17.1 Å². The van der Waals surface area contributed by atoms with Crippen LogP contribution in [-0.4, -0.2) is 48.9 Å². The first-order valence-electron chi connectivity index (χ1n) is 11.2. The monoisotopic (exact) mass is 451 g/mol. The lowest BCUT2D eigenvalue weighted by atomic mass is 9.78. The number of nitrogens with zero attached hydrogens (tertiary/aromatic N) is 5. The van der Waals surface area contributed by atoms with Crippen molar-refractivity contribution in [2.45, 2.75) is 49.7 Å². The first-order chi connectivity index (χ1) is 15.7. The Morgan fingerprint density at radius 1 is 1.00 bits per heavy atom. The molecule has 5 rings (SSSR count). The lowest BCUT2D eigenvalue weighted by Gasteiger charge is -2.44. The van der Waals surface area contributed by atoms with Crippen LogP contribution >= 0.6 is 11.8 Å². The quantitative estimate of drug-likeness (QED) is 0.524. The van der Waals surface area contributed by atoms with Crippen molar-refractivity contribution in [2.24, 2.45) is 5.92 Å². The van der Waals surface area contributed by atoms with Crippen molar-refractivity contribution in [3.63, 3.8) is 0 Å². The molecule has 1 aliphatic heterocycles. The van der Waals surface area contributed by atoms with E-state index in [1.807, 2.05) is 16.7 Å². The number of halogens is 1. The molecule has 0 N–H and O–H groups in total. The van der Waals surface area contributed by atoms with Gasteiger partial charge in [0, 0.05) is 36.2 Å². The Balaban J connectivity index is 1.39. The van der Waals surface area contributed by atoms with Crippen molar-refractivity contribution in [1.29, 1.82) is 0 Å². The number of pyridine rings is 1. The Bertz CT molecular complexity index is 1070. The second-order valence-electron chi connectivity index (χ2n) is 8.48. The molecule has 3 aromatic rings. The predicted molar refractivity (Wildman–Crippen MR) is 122 cm³/mol. The van der Waals surface area contributed by atoms with E-state index in [0.29, 0.717) is 28.7 Å². The van der Waals surface area contributed by atoms with Gasteiger partial charge in [-0.15, -0.1) is 10.2 Å². The summed E-state index contributed by atoms with van der Waals surface area (Å²) in [6, 6.07) is 10.4. The molecule has 0 radical (unpaired) electrons. The lowest BCUT2D eigenvalue weighted by molar-refractivity contribution is -0.134. The van der Waals surface area contributed by atoms with Crippen molar-refractivity contribution < 1.29 is 9.18 Å². The molecule has 2 aliphatic rings. The highest BCUT2D eigenvalue weighted by molar-refractivity contribution is 7.99. The number of thioether (sulfide) groups is 1. The van der Waals surface area contributed by atoms with Crippen LogP contribution in [0.2, 0.25) is 0 Å². The fraction of sp³-hybridized carbons (Fsp3) is 0.417. The van der Waals surface area contributed by atoms with Gasteiger partial charge in [0.05, 0.1) is 5.75 Å². The van der Waals surface area contributed by atoms with Gasteiger partial charge in [0.15, 0.2) is 11.0 Å². The van der Waals surface area contributed by atoms with Crippen molar-refractivity contribution in [3.8, 4) is 17.1 Å². The number of rotatable bonds is 5. The molecule has 1 aliphatic carbocycles. The third-order valence-corrected chi connectivity index (χ3v) is 7.46. The van der Waals surface area contributed by atoms with E-state index in [4.69, 9.17) is 0 Å². The standard InChI is InChI=1S/C24H26FN5OS/c25-19-7-9-20(10-8-19)30-23(18-11-13-26-14-12-18)27-28-24(30)32-16-22(31)29-15-3-5-17-4-1-2-6-21(17)29/h7-14,17,21H,1-6,15-16H2/t17-,21+/m0/s1. The van der Waals surface area contributed by atoms with Crippen LogP contribution in [0.15, 0.2) is 53.9 Å². The molecule has 166 valence electrons. The molecule has 1 amide bonds. The maximum atomic E-state index is 13.5. The van der Waals surface area contributed by atoms with Gasteiger partial charge in [0.1, 0.15) is 5.82 Å². The van der Waals surface area contributed by atoms with Crippen LogP contribution in [0.1, 0.15) is 38.5 Å². The van der Waals surface area contributed by atoms with Crippen LogP contribution in [0.5, 0.6) is 0 Å². The number of piperidine rings is 1. The summed E-state index contributed by atoms with van der Waals surface area (Å²) in [5.74, 6) is 1.49. The second kappa shape index (κ2) is 9.40. The molecule has 32 heavy (non-hydrogen) atoms. The molecule has 2 atom stereocenters. The Labute approximate surface area is 191 Å². The zero-order valence-corrected chi connectivity index (χ0v) is 18.7. The van der Waals surface area contributed by atoms with Crippen LogP contribution in [0.4, 0.5) is 4.39 Å². The molecule has 1 saturated heterocycles. The van der Waals surface area contributed by atoms with Crippen molar-refractivity contribution in [2.75, 3.05) is 12.3 Å². The van der Waals surface area contributed by atoms with Crippen LogP contribution in [0, 0.1) is 11.7 Å². The van der Waals surface area contributed by atoms with Gasteiger partial charge in [0.2, 0.25) is 5.91 Å². The minimum atomic E-state index is -0.302. The minimum absolute atomic E-state index is 0.172. The highest BCUT2D eigenvalue weighted by atomic mass is 32.2. The summed E-state index contributed by atoms with van der Waals surface area (Å²) in [5, 5.41) is 9.39. The maximum absolute atomic E-state index is 13.5. The Kier molecular flexibility index (Phi) is 6.21. The summed E-state index contributed by atoms with van der Waals surface area (Å²) in [5.41, 5.74) is 1.61. The smallest absolute Gasteiger partial charge is 0.233 e. The topological polar surface area (TPSA) is 63.9 Å². The van der Waals surface area contributed by atoms with Gasteiger partial charge < -0.3 is 4.90 Å². The number of carbonyl (C=O) groups is 1. The fourth-order valence-corrected chi connectivity index (χ4v) is 5.86. The predicted octanol–water partition coefficient (Wildman–Crippen LogP) is 4.74. The molecule has 0 spiro atoms. The van der Waals surface area contributed by atoms with Gasteiger partial charge in [-0.3, -0.25) is 14.3 Å². The van der Waals surface area contributed by atoms with Gasteiger partial charge in [-0.05, 0) is 68.0 Å². The van der Waals surface area contributed by atoms with Crippen molar-refractivity contribution >= 4 is 17.7 Å². The molecule has 2 fully saturated rings. The average Bonchev–Trinajstić information content (AvgIpc) is 3.27. The lowest BCUT2D eigenvalue weighted by Crippen LogP contribution is -2.50. The Morgan fingerprint density at radius 2 is 1.75 bits per heavy atom. The zero-order valence-electron chi connectivity index (χ0n) is 17.9. The highest BCUT2D eigenvalue weighted by Gasteiger charge is 2.35. The molecule has 6 nitrogen and oxygen atoms in total. The number of carbonyl (C=O) groups excluding carboxylic acids is 1. The first kappa shape index (κ1) is 21.1. The molecule has 3 heterocycles. The SMILES string of the molecule is O=C(CSc1nnc(-c2ccncc2)n1-c1ccc(F)cc1)N1CCC[C@@H]2CCCC[C@H]21. The third-order valence-electron chi connectivity index (χ3n) is 6.55. The molecule has 0 bridgehead atoms. The molecule has 2 aromatic heterocycles. The molecular weight excluding hydrogens is 425 g/mol. The number of likely N-dealkylation sites (tertiary alicyclic amines) is 1. The number of amides is 1. The van der Waals surface area contributed by atoms with Gasteiger partial charge in [-0.25, -0.2) is 4.39 Å². The summed E-state index contributed by atoms with van der Waals surface area (Å²) in [6.45, 7) is 0.855. The zero-order chi connectivity index (χ0) is 21.9. The number of hydrogen-bond donors (Lipinski definition) is 0. The van der Waals surface area contributed by atoms with E-state index in [1.54, 1.807) is 24.5 Å². The largest absolute Gasteiger partial charge is 0.339 e. The van der Waals surface area contributed by atoms with Gasteiger partial charge in [-0.1, -0.05) is 24.6 Å². The van der Waals surface area contributed by atoms with Crippen LogP contribution in [0.3, 0.4) is 0 Å². The molecule has 8 heteroatoms. The van der Waals surface area contributed by atoms with Crippen LogP contribution in [-0.2, 0) is 4.79 Å². The van der Waals surface area contributed by atoms with Crippen LogP contribution < -0.4 is 0 Å². The van der Waals surface area contributed by atoms with E-state index >= 15 is 0 Å². The molecular formula is C24H26FN5OS. The highest BCUT2D eigenvalue weighted by Crippen LogP contribution is 2.36. The number of benzene rings is 1. The number of fused-ring (bicyclic) bond motifs is 1.